The van der Waals surface area contributed by atoms with Crippen LogP contribution in [0.1, 0.15) is 69.9 Å². The fraction of sp³-hybridized carbons (Fsp3) is 0.731. The van der Waals surface area contributed by atoms with E-state index in [-0.39, 0.29) is 50.0 Å². The van der Waals surface area contributed by atoms with Crippen molar-refractivity contribution in [1.29, 1.82) is 0 Å². The highest BCUT2D eigenvalue weighted by Crippen LogP contribution is 2.62. The Labute approximate surface area is 217 Å². The predicted octanol–water partition coefficient (Wildman–Crippen LogP) is 3.21. The third-order valence-electron chi connectivity index (χ3n) is 8.17. The van der Waals surface area contributed by atoms with Crippen LogP contribution >= 0.6 is 11.3 Å². The van der Waals surface area contributed by atoms with Crippen molar-refractivity contribution in [3.8, 4) is 0 Å². The second-order valence-electron chi connectivity index (χ2n) is 11.2. The second kappa shape index (κ2) is 11.6. The molecule has 202 valence electrons. The van der Waals surface area contributed by atoms with Crippen LogP contribution in [0.2, 0.25) is 0 Å². The molecule has 1 fully saturated rings. The van der Waals surface area contributed by atoms with Gasteiger partial charge in [-0.05, 0) is 42.9 Å². The average molecular weight is 524 g/mol. The SMILES string of the molecule is C=CCOC(=O)Nc1nc2c(s1)C[C@@H]1[C@](C)(CO)[C@H](O)CC[C@@]1(C)[C@@H]2CC(=O)N[C@@H](CO)CC(C)C. The number of anilines is 1. The molecule has 2 amide bonds. The minimum atomic E-state index is -0.731. The number of nitrogens with zero attached hydrogens (tertiary/aromatic N) is 1. The van der Waals surface area contributed by atoms with Gasteiger partial charge in [-0.15, -0.1) is 11.3 Å². The predicted molar refractivity (Wildman–Crippen MR) is 139 cm³/mol. The van der Waals surface area contributed by atoms with Crippen molar-refractivity contribution in [1.82, 2.24) is 10.3 Å². The fourth-order valence-electron chi connectivity index (χ4n) is 6.18. The third-order valence-corrected chi connectivity index (χ3v) is 9.17. The van der Waals surface area contributed by atoms with Crippen LogP contribution in [-0.2, 0) is 16.0 Å². The number of ether oxygens (including phenoxy) is 1. The van der Waals surface area contributed by atoms with Gasteiger partial charge < -0.3 is 25.4 Å². The zero-order valence-corrected chi connectivity index (χ0v) is 22.6. The molecule has 5 N–H and O–H groups in total. The molecule has 1 heterocycles. The highest BCUT2D eigenvalue weighted by molar-refractivity contribution is 7.15. The number of carbonyl (C=O) groups is 2. The number of carbonyl (C=O) groups excluding carboxylic acids is 2. The first-order valence-corrected chi connectivity index (χ1v) is 13.5. The van der Waals surface area contributed by atoms with Crippen molar-refractivity contribution >= 4 is 28.5 Å². The van der Waals surface area contributed by atoms with E-state index in [2.05, 4.69) is 24.1 Å². The third kappa shape index (κ3) is 5.77. The van der Waals surface area contributed by atoms with Crippen molar-refractivity contribution in [2.75, 3.05) is 25.1 Å². The molecular weight excluding hydrogens is 482 g/mol. The highest BCUT2D eigenvalue weighted by Gasteiger charge is 2.59. The first-order chi connectivity index (χ1) is 17.0. The second-order valence-corrected chi connectivity index (χ2v) is 12.2. The number of thiazole rings is 1. The minimum Gasteiger partial charge on any atom is -0.445 e. The van der Waals surface area contributed by atoms with Gasteiger partial charge in [0.15, 0.2) is 5.13 Å². The van der Waals surface area contributed by atoms with E-state index >= 15 is 0 Å². The summed E-state index contributed by atoms with van der Waals surface area (Å²) < 4.78 is 5.03. The van der Waals surface area contributed by atoms with Gasteiger partial charge in [0.25, 0.3) is 0 Å². The summed E-state index contributed by atoms with van der Waals surface area (Å²) in [6.45, 7) is 11.4. The summed E-state index contributed by atoms with van der Waals surface area (Å²) in [7, 11) is 0. The molecule has 0 bridgehead atoms. The summed E-state index contributed by atoms with van der Waals surface area (Å²) in [5.74, 6) is -0.214. The molecule has 10 heteroatoms. The Balaban J connectivity index is 1.95. The molecule has 9 nitrogen and oxygen atoms in total. The quantitative estimate of drug-likeness (QED) is 0.297. The molecule has 1 saturated carbocycles. The number of aliphatic hydroxyl groups is 3. The Kier molecular flexibility index (Phi) is 9.19. The van der Waals surface area contributed by atoms with Crippen LogP contribution in [-0.4, -0.2) is 64.3 Å². The summed E-state index contributed by atoms with van der Waals surface area (Å²) in [6, 6.07) is -0.327. The maximum atomic E-state index is 13.2. The molecule has 0 radical (unpaired) electrons. The van der Waals surface area contributed by atoms with Gasteiger partial charge >= 0.3 is 6.09 Å². The Morgan fingerprint density at radius 1 is 1.33 bits per heavy atom. The number of amides is 2. The maximum absolute atomic E-state index is 13.2. The van der Waals surface area contributed by atoms with Crippen LogP contribution in [0.25, 0.3) is 0 Å². The van der Waals surface area contributed by atoms with Gasteiger partial charge in [0.1, 0.15) is 6.61 Å². The van der Waals surface area contributed by atoms with Crippen LogP contribution in [0, 0.1) is 22.7 Å². The van der Waals surface area contributed by atoms with Crippen molar-refractivity contribution in [2.45, 2.75) is 77.9 Å². The van der Waals surface area contributed by atoms with Crippen LogP contribution in [0.3, 0.4) is 0 Å². The first kappa shape index (κ1) is 28.6. The Bertz CT molecular complexity index is 952. The Hall–Kier alpha value is -2.01. The van der Waals surface area contributed by atoms with Crippen LogP contribution in [0.15, 0.2) is 12.7 Å². The highest BCUT2D eigenvalue weighted by atomic mass is 32.1. The lowest BCUT2D eigenvalue weighted by Crippen LogP contribution is -2.58. The number of hydrogen-bond acceptors (Lipinski definition) is 8. The maximum Gasteiger partial charge on any atom is 0.413 e. The van der Waals surface area contributed by atoms with E-state index in [4.69, 9.17) is 9.72 Å². The van der Waals surface area contributed by atoms with Crippen molar-refractivity contribution in [3.63, 3.8) is 0 Å². The molecule has 36 heavy (non-hydrogen) atoms. The molecule has 6 atom stereocenters. The van der Waals surface area contributed by atoms with Gasteiger partial charge in [0, 0.05) is 22.6 Å². The van der Waals surface area contributed by atoms with Gasteiger partial charge in [0.05, 0.1) is 31.1 Å². The number of aliphatic hydroxyl groups excluding tert-OH is 3. The molecule has 3 rings (SSSR count). The van der Waals surface area contributed by atoms with E-state index in [1.54, 1.807) is 0 Å². The molecule has 2 aliphatic carbocycles. The van der Waals surface area contributed by atoms with Crippen LogP contribution in [0.5, 0.6) is 0 Å². The normalized spacial score (nSPS) is 30.2. The van der Waals surface area contributed by atoms with Crippen molar-refractivity contribution < 1.29 is 29.6 Å². The molecule has 0 aromatic carbocycles. The van der Waals surface area contributed by atoms with E-state index in [9.17, 15) is 24.9 Å². The lowest BCUT2D eigenvalue weighted by atomic mass is 9.47. The van der Waals surface area contributed by atoms with E-state index in [0.717, 1.165) is 10.6 Å². The summed E-state index contributed by atoms with van der Waals surface area (Å²) in [5, 5.41) is 37.1. The van der Waals surface area contributed by atoms with Gasteiger partial charge in [-0.1, -0.05) is 40.3 Å². The number of rotatable bonds is 10. The summed E-state index contributed by atoms with van der Waals surface area (Å²) >= 11 is 1.34. The summed E-state index contributed by atoms with van der Waals surface area (Å²) in [4.78, 5) is 31.0. The lowest BCUT2D eigenvalue weighted by molar-refractivity contribution is -0.144. The molecule has 0 spiro atoms. The van der Waals surface area contributed by atoms with E-state index in [1.807, 2.05) is 20.8 Å². The standard InChI is InChI=1S/C26H41N3O6S/c1-6-9-35-24(34)29-23-28-22-17(11-21(33)27-16(13-30)10-15(2)3)25(4)8-7-20(32)26(5,14-31)19(25)12-18(22)36-23/h6,15-17,19-20,30-32H,1,7-14H2,2-5H3,(H,27,33)(H,28,29,34)/t16-,17-,19+,20-,25+,26+/m1/s1. The number of aromatic nitrogens is 1. The summed E-state index contributed by atoms with van der Waals surface area (Å²) in [6.07, 6.45) is 2.82. The van der Waals surface area contributed by atoms with Gasteiger partial charge in [-0.3, -0.25) is 10.1 Å². The first-order valence-electron chi connectivity index (χ1n) is 12.7. The molecular formula is C26H41N3O6S. The Morgan fingerprint density at radius 2 is 2.06 bits per heavy atom. The van der Waals surface area contributed by atoms with Crippen LogP contribution < -0.4 is 10.6 Å². The number of nitrogens with one attached hydrogen (secondary N) is 2. The lowest BCUT2D eigenvalue weighted by Gasteiger charge is -2.58. The monoisotopic (exact) mass is 523 g/mol. The number of hydrogen-bond donors (Lipinski definition) is 5. The number of fused-ring (bicyclic) bond motifs is 2. The van der Waals surface area contributed by atoms with E-state index in [1.165, 1.54) is 17.4 Å². The molecule has 2 aliphatic rings. The zero-order valence-electron chi connectivity index (χ0n) is 21.7. The average Bonchev–Trinajstić information content (AvgIpc) is 3.22. The van der Waals surface area contributed by atoms with Gasteiger partial charge in [0.2, 0.25) is 5.91 Å². The van der Waals surface area contributed by atoms with Crippen molar-refractivity contribution in [2.24, 2.45) is 22.7 Å². The molecule has 1 aromatic rings. The molecule has 0 unspecified atom stereocenters. The molecule has 1 aromatic heterocycles. The van der Waals surface area contributed by atoms with Crippen LogP contribution in [0.4, 0.5) is 9.93 Å². The van der Waals surface area contributed by atoms with E-state index < -0.39 is 23.0 Å². The Morgan fingerprint density at radius 3 is 2.67 bits per heavy atom. The largest absolute Gasteiger partial charge is 0.445 e. The van der Waals surface area contributed by atoms with Crippen molar-refractivity contribution in [3.05, 3.63) is 23.2 Å². The topological polar surface area (TPSA) is 141 Å². The fourth-order valence-corrected chi connectivity index (χ4v) is 7.23. The zero-order chi connectivity index (χ0) is 26.7. The minimum absolute atomic E-state index is 0.0784. The van der Waals surface area contributed by atoms with E-state index in [0.29, 0.717) is 36.7 Å². The summed E-state index contributed by atoms with van der Waals surface area (Å²) in [5.41, 5.74) is -0.359. The molecule has 0 aliphatic heterocycles. The smallest absolute Gasteiger partial charge is 0.413 e. The molecule has 0 saturated heterocycles. The van der Waals surface area contributed by atoms with Gasteiger partial charge in [-0.2, -0.15) is 0 Å². The van der Waals surface area contributed by atoms with Gasteiger partial charge in [-0.25, -0.2) is 9.78 Å².